The number of carbonyl (C=O) groups is 1. The first kappa shape index (κ1) is 10.5. The molecule has 0 aliphatic carbocycles. The molecule has 0 amide bonds. The van der Waals surface area contributed by atoms with Crippen molar-refractivity contribution in [1.82, 2.24) is 9.55 Å². The van der Waals surface area contributed by atoms with Crippen molar-refractivity contribution in [1.29, 1.82) is 0 Å². The number of aryl methyl sites for hydroxylation is 1. The molecule has 0 aliphatic rings. The summed E-state index contributed by atoms with van der Waals surface area (Å²) < 4.78 is 1.91. The summed E-state index contributed by atoms with van der Waals surface area (Å²) in [4.78, 5) is 13.7. The fourth-order valence-corrected chi connectivity index (χ4v) is 1.79. The summed E-state index contributed by atoms with van der Waals surface area (Å²) in [5, 5.41) is 18.7. The maximum absolute atomic E-state index is 10.9. The van der Waals surface area contributed by atoms with Gasteiger partial charge in [0.05, 0.1) is 16.8 Å². The van der Waals surface area contributed by atoms with Crippen molar-refractivity contribution < 1.29 is 15.0 Å². The van der Waals surface area contributed by atoms with Gasteiger partial charge in [-0.3, -0.25) is 0 Å². The van der Waals surface area contributed by atoms with Crippen molar-refractivity contribution in [2.24, 2.45) is 7.05 Å². The minimum atomic E-state index is -1.20. The Bertz CT molecular complexity index is 656. The summed E-state index contributed by atoms with van der Waals surface area (Å²) in [5.41, 5.74) is 6.06. The van der Waals surface area contributed by atoms with Gasteiger partial charge in [0.25, 0.3) is 0 Å². The van der Waals surface area contributed by atoms with Gasteiger partial charge in [0.15, 0.2) is 10.5 Å². The zero-order chi connectivity index (χ0) is 12.0. The third-order valence-electron chi connectivity index (χ3n) is 2.43. The number of phenolic OH excluding ortho intramolecular Hbond substituents is 1. The van der Waals surface area contributed by atoms with E-state index in [1.165, 1.54) is 10.6 Å². The molecule has 0 aliphatic heterocycles. The van der Waals surface area contributed by atoms with Crippen LogP contribution in [0.3, 0.4) is 0 Å². The fourth-order valence-electron chi connectivity index (χ4n) is 1.59. The van der Waals surface area contributed by atoms with Gasteiger partial charge in [0.1, 0.15) is 5.52 Å². The first-order valence-electron chi connectivity index (χ1n) is 4.37. The first-order valence-corrected chi connectivity index (χ1v) is 4.77. The number of fused-ring (bicyclic) bond motifs is 1. The number of benzene rings is 1. The number of aromatic amines is 1. The van der Waals surface area contributed by atoms with E-state index < -0.39 is 5.97 Å². The average Bonchev–Trinajstić information content (AvgIpc) is 2.48. The van der Waals surface area contributed by atoms with Gasteiger partial charge in [-0.15, -0.1) is 0 Å². The van der Waals surface area contributed by atoms with Crippen LogP contribution in [0, 0.1) is 4.77 Å². The molecule has 1 aromatic heterocycles. The average molecular weight is 239 g/mol. The van der Waals surface area contributed by atoms with Crippen molar-refractivity contribution in [3.63, 3.8) is 0 Å². The molecule has 0 saturated carbocycles. The minimum absolute atomic E-state index is 0.151. The predicted molar refractivity (Wildman–Crippen MR) is 61.1 cm³/mol. The maximum Gasteiger partial charge on any atom is 0.338 e. The molecule has 0 bridgehead atoms. The molecule has 5 N–H and O–H groups in total. The molecule has 16 heavy (non-hydrogen) atoms. The SMILES string of the molecule is Cn1c(=S)[nH]c2cc(C(=O)O)c(N)c(O)c21. The van der Waals surface area contributed by atoms with E-state index in [2.05, 4.69) is 4.98 Å². The molecule has 0 fully saturated rings. The van der Waals surface area contributed by atoms with Crippen LogP contribution in [0.1, 0.15) is 10.4 Å². The number of carboxylic acid groups (broad SMARTS) is 1. The van der Waals surface area contributed by atoms with Crippen LogP contribution in [0.5, 0.6) is 5.75 Å². The van der Waals surface area contributed by atoms with E-state index in [0.717, 1.165) is 0 Å². The Kier molecular flexibility index (Phi) is 2.13. The molecule has 0 spiro atoms. The van der Waals surface area contributed by atoms with Gasteiger partial charge >= 0.3 is 5.97 Å². The van der Waals surface area contributed by atoms with Gasteiger partial charge in [-0.25, -0.2) is 4.79 Å². The molecule has 0 unspecified atom stereocenters. The van der Waals surface area contributed by atoms with E-state index >= 15 is 0 Å². The second-order valence-electron chi connectivity index (χ2n) is 3.38. The molecule has 1 heterocycles. The highest BCUT2D eigenvalue weighted by atomic mass is 32.1. The molecule has 2 aromatic rings. The quantitative estimate of drug-likeness (QED) is 0.340. The number of carboxylic acids is 1. The number of hydrogen-bond donors (Lipinski definition) is 4. The standard InChI is InChI=1S/C9H9N3O3S/c1-12-6-4(11-9(12)16)2-3(8(14)15)5(10)7(6)13/h2,13H,10H2,1H3,(H,11,16)(H,14,15). The van der Waals surface area contributed by atoms with Crippen molar-refractivity contribution in [3.05, 3.63) is 16.4 Å². The predicted octanol–water partition coefficient (Wildman–Crippen LogP) is 1.22. The van der Waals surface area contributed by atoms with Gasteiger partial charge in [-0.2, -0.15) is 0 Å². The van der Waals surface area contributed by atoms with Crippen LogP contribution in [-0.4, -0.2) is 25.7 Å². The van der Waals surface area contributed by atoms with Crippen molar-refractivity contribution in [2.75, 3.05) is 5.73 Å². The van der Waals surface area contributed by atoms with Gasteiger partial charge < -0.3 is 25.5 Å². The molecule has 6 nitrogen and oxygen atoms in total. The third-order valence-corrected chi connectivity index (χ3v) is 2.80. The maximum atomic E-state index is 10.9. The Balaban J connectivity index is 2.99. The normalized spacial score (nSPS) is 10.8. The van der Waals surface area contributed by atoms with Gasteiger partial charge in [-0.1, -0.05) is 0 Å². The molecule has 1 aromatic carbocycles. The summed E-state index contributed by atoms with van der Waals surface area (Å²) in [6, 6.07) is 1.35. The third kappa shape index (κ3) is 1.25. The topological polar surface area (TPSA) is 104 Å². The molecule has 2 rings (SSSR count). The van der Waals surface area contributed by atoms with Crippen molar-refractivity contribution >= 4 is 34.9 Å². The number of H-pyrrole nitrogens is 1. The van der Waals surface area contributed by atoms with Crippen LogP contribution in [-0.2, 0) is 7.05 Å². The largest absolute Gasteiger partial charge is 0.504 e. The lowest BCUT2D eigenvalue weighted by atomic mass is 10.1. The molecule has 84 valence electrons. The van der Waals surface area contributed by atoms with Crippen molar-refractivity contribution in [2.45, 2.75) is 0 Å². The van der Waals surface area contributed by atoms with Crippen LogP contribution in [0.4, 0.5) is 5.69 Å². The highest BCUT2D eigenvalue weighted by Crippen LogP contribution is 2.33. The lowest BCUT2D eigenvalue weighted by Gasteiger charge is -2.05. The number of rotatable bonds is 1. The molecule has 0 radical (unpaired) electrons. The molecule has 0 saturated heterocycles. The Hall–Kier alpha value is -2.02. The summed E-state index contributed by atoms with van der Waals surface area (Å²) in [5.74, 6) is -1.47. The number of aromatic carboxylic acids is 1. The molecule has 0 atom stereocenters. The number of anilines is 1. The Morgan fingerprint density at radius 1 is 1.62 bits per heavy atom. The molecular weight excluding hydrogens is 230 g/mol. The van der Waals surface area contributed by atoms with Crippen molar-refractivity contribution in [3.8, 4) is 5.75 Å². The summed E-state index contributed by atoms with van der Waals surface area (Å²) in [7, 11) is 1.65. The van der Waals surface area contributed by atoms with Crippen LogP contribution >= 0.6 is 12.2 Å². The highest BCUT2D eigenvalue weighted by molar-refractivity contribution is 7.71. The number of nitrogen functional groups attached to an aromatic ring is 1. The second kappa shape index (κ2) is 3.24. The zero-order valence-corrected chi connectivity index (χ0v) is 9.13. The number of nitrogens with zero attached hydrogens (tertiary/aromatic N) is 1. The number of hydrogen-bond acceptors (Lipinski definition) is 4. The molecular formula is C9H9N3O3S. The summed E-state index contributed by atoms with van der Waals surface area (Å²) in [6.07, 6.45) is 0. The Morgan fingerprint density at radius 2 is 2.25 bits per heavy atom. The number of phenols is 1. The molecule has 7 heteroatoms. The second-order valence-corrected chi connectivity index (χ2v) is 3.76. The van der Waals surface area contributed by atoms with Gasteiger partial charge in [0.2, 0.25) is 0 Å². The minimum Gasteiger partial charge on any atom is -0.504 e. The number of aromatic hydroxyl groups is 1. The van der Waals surface area contributed by atoms with E-state index in [0.29, 0.717) is 15.8 Å². The number of imidazole rings is 1. The Labute approximate surface area is 94.9 Å². The van der Waals surface area contributed by atoms with Crippen LogP contribution in [0.15, 0.2) is 6.07 Å². The van der Waals surface area contributed by atoms with E-state index in [-0.39, 0.29) is 17.0 Å². The smallest absolute Gasteiger partial charge is 0.338 e. The highest BCUT2D eigenvalue weighted by Gasteiger charge is 2.17. The lowest BCUT2D eigenvalue weighted by Crippen LogP contribution is -2.03. The van der Waals surface area contributed by atoms with E-state index in [9.17, 15) is 9.90 Å². The summed E-state index contributed by atoms with van der Waals surface area (Å²) in [6.45, 7) is 0. The van der Waals surface area contributed by atoms with E-state index in [4.69, 9.17) is 23.1 Å². The number of nitrogens with two attached hydrogens (primary N) is 1. The number of aromatic nitrogens is 2. The lowest BCUT2D eigenvalue weighted by molar-refractivity contribution is 0.0698. The first-order chi connectivity index (χ1) is 7.43. The van der Waals surface area contributed by atoms with Crippen LogP contribution in [0.2, 0.25) is 0 Å². The van der Waals surface area contributed by atoms with Crippen LogP contribution < -0.4 is 5.73 Å². The van der Waals surface area contributed by atoms with E-state index in [1.807, 2.05) is 0 Å². The van der Waals surface area contributed by atoms with Gasteiger partial charge in [0, 0.05) is 7.05 Å². The zero-order valence-electron chi connectivity index (χ0n) is 8.31. The number of nitrogens with one attached hydrogen (secondary N) is 1. The van der Waals surface area contributed by atoms with E-state index in [1.54, 1.807) is 7.05 Å². The van der Waals surface area contributed by atoms with Crippen LogP contribution in [0.25, 0.3) is 11.0 Å². The monoisotopic (exact) mass is 239 g/mol. The summed E-state index contributed by atoms with van der Waals surface area (Å²) >= 11 is 4.97. The fraction of sp³-hybridized carbons (Fsp3) is 0.111. The van der Waals surface area contributed by atoms with Gasteiger partial charge in [-0.05, 0) is 18.3 Å². The Morgan fingerprint density at radius 3 is 2.81 bits per heavy atom.